The van der Waals surface area contributed by atoms with Crippen LogP contribution < -0.4 is 10.1 Å². The van der Waals surface area contributed by atoms with E-state index in [1.54, 1.807) is 6.92 Å². The van der Waals surface area contributed by atoms with Crippen molar-refractivity contribution >= 4 is 0 Å². The molecule has 3 rings (SSSR count). The average molecular weight is 259 g/mol. The lowest BCUT2D eigenvalue weighted by Crippen LogP contribution is -2.32. The Kier molecular flexibility index (Phi) is 3.21. The number of para-hydroxylation sites is 1. The van der Waals surface area contributed by atoms with Gasteiger partial charge in [-0.3, -0.25) is 0 Å². The number of ether oxygens (including phenoxy) is 1. The number of fused-ring (bicyclic) bond motifs is 1. The Balaban J connectivity index is 1.64. The Hall–Kier alpha value is -1.88. The second-order valence-electron chi connectivity index (χ2n) is 4.85. The van der Waals surface area contributed by atoms with Crippen LogP contribution in [0.15, 0.2) is 28.8 Å². The molecule has 5 heteroatoms. The monoisotopic (exact) mass is 259 g/mol. The smallest absolute Gasteiger partial charge is 0.223 e. The van der Waals surface area contributed by atoms with E-state index >= 15 is 0 Å². The van der Waals surface area contributed by atoms with E-state index in [2.05, 4.69) is 34.5 Å². The van der Waals surface area contributed by atoms with E-state index in [1.165, 1.54) is 5.56 Å². The first kappa shape index (κ1) is 12.2. The van der Waals surface area contributed by atoms with Gasteiger partial charge in [-0.1, -0.05) is 23.4 Å². The van der Waals surface area contributed by atoms with Crippen LogP contribution in [0.25, 0.3) is 0 Å². The molecular weight excluding hydrogens is 242 g/mol. The first-order chi connectivity index (χ1) is 9.24. The predicted octanol–water partition coefficient (Wildman–Crippen LogP) is 2.03. The molecule has 0 fully saturated rings. The number of hydrogen-bond acceptors (Lipinski definition) is 5. The molecule has 2 heterocycles. The van der Waals surface area contributed by atoms with E-state index in [1.807, 2.05) is 12.1 Å². The molecule has 1 N–H and O–H groups in total. The molecule has 2 unspecified atom stereocenters. The van der Waals surface area contributed by atoms with E-state index in [4.69, 9.17) is 9.26 Å². The number of rotatable bonds is 4. The third-order valence-corrected chi connectivity index (χ3v) is 3.49. The summed E-state index contributed by atoms with van der Waals surface area (Å²) in [5.74, 6) is 2.65. The van der Waals surface area contributed by atoms with Gasteiger partial charge in [-0.2, -0.15) is 4.98 Å². The summed E-state index contributed by atoms with van der Waals surface area (Å²) in [6.07, 6.45) is 0. The van der Waals surface area contributed by atoms with Crippen molar-refractivity contribution in [3.05, 3.63) is 41.5 Å². The van der Waals surface area contributed by atoms with Crippen molar-refractivity contribution in [2.24, 2.45) is 0 Å². The minimum Gasteiger partial charge on any atom is -0.493 e. The van der Waals surface area contributed by atoms with Crippen molar-refractivity contribution in [3.63, 3.8) is 0 Å². The summed E-state index contributed by atoms with van der Waals surface area (Å²) in [5, 5.41) is 7.31. The third-order valence-electron chi connectivity index (χ3n) is 3.49. The zero-order valence-corrected chi connectivity index (χ0v) is 11.1. The molecule has 0 spiro atoms. The molecule has 2 aromatic rings. The molecule has 0 radical (unpaired) electrons. The summed E-state index contributed by atoms with van der Waals surface area (Å²) in [4.78, 5) is 4.18. The third kappa shape index (κ3) is 2.46. The highest BCUT2D eigenvalue weighted by atomic mass is 16.5. The van der Waals surface area contributed by atoms with Gasteiger partial charge in [0.1, 0.15) is 5.75 Å². The lowest BCUT2D eigenvalue weighted by atomic mass is 9.94. The van der Waals surface area contributed by atoms with Crippen molar-refractivity contribution in [3.8, 4) is 5.75 Å². The highest BCUT2D eigenvalue weighted by molar-refractivity contribution is 5.40. The van der Waals surface area contributed by atoms with Crippen LogP contribution in [0.1, 0.15) is 30.1 Å². The van der Waals surface area contributed by atoms with Crippen LogP contribution in [0.2, 0.25) is 0 Å². The van der Waals surface area contributed by atoms with Crippen LogP contribution in [0.5, 0.6) is 5.75 Å². The fourth-order valence-corrected chi connectivity index (χ4v) is 2.41. The Morgan fingerprint density at radius 2 is 2.26 bits per heavy atom. The van der Waals surface area contributed by atoms with Gasteiger partial charge in [0.15, 0.2) is 5.82 Å². The zero-order valence-electron chi connectivity index (χ0n) is 11.1. The molecule has 1 aromatic carbocycles. The standard InChI is InChI=1S/C14H17N3O2/c1-9(15-7-14-16-10(2)19-17-14)12-8-18-13-6-4-3-5-11(12)13/h3-6,9,12,15H,7-8H2,1-2H3. The summed E-state index contributed by atoms with van der Waals surface area (Å²) >= 11 is 0. The first-order valence-corrected chi connectivity index (χ1v) is 6.48. The number of aryl methyl sites for hydroxylation is 1. The van der Waals surface area contributed by atoms with Crippen LogP contribution in [-0.4, -0.2) is 22.8 Å². The number of hydrogen-bond donors (Lipinski definition) is 1. The molecule has 0 saturated heterocycles. The molecule has 2 atom stereocenters. The highest BCUT2D eigenvalue weighted by Crippen LogP contribution is 2.35. The van der Waals surface area contributed by atoms with Crippen molar-refractivity contribution in [2.75, 3.05) is 6.61 Å². The van der Waals surface area contributed by atoms with E-state index < -0.39 is 0 Å². The molecule has 100 valence electrons. The van der Waals surface area contributed by atoms with E-state index in [-0.39, 0.29) is 0 Å². The molecule has 1 aliphatic rings. The minimum atomic E-state index is 0.294. The summed E-state index contributed by atoms with van der Waals surface area (Å²) < 4.78 is 10.7. The van der Waals surface area contributed by atoms with Gasteiger partial charge in [-0.05, 0) is 13.0 Å². The molecular formula is C14H17N3O2. The summed E-state index contributed by atoms with van der Waals surface area (Å²) in [7, 11) is 0. The van der Waals surface area contributed by atoms with Gasteiger partial charge in [-0.25, -0.2) is 0 Å². The zero-order chi connectivity index (χ0) is 13.2. The molecule has 0 aliphatic carbocycles. The quantitative estimate of drug-likeness (QED) is 0.910. The Bertz CT molecular complexity index is 567. The number of nitrogens with zero attached hydrogens (tertiary/aromatic N) is 2. The molecule has 19 heavy (non-hydrogen) atoms. The normalized spacial score (nSPS) is 18.9. The molecule has 1 aromatic heterocycles. The maximum absolute atomic E-state index is 5.70. The maximum Gasteiger partial charge on any atom is 0.223 e. The maximum atomic E-state index is 5.70. The van der Waals surface area contributed by atoms with Crippen molar-refractivity contribution in [2.45, 2.75) is 32.4 Å². The Labute approximate surface area is 112 Å². The highest BCUT2D eigenvalue weighted by Gasteiger charge is 2.28. The molecule has 5 nitrogen and oxygen atoms in total. The lowest BCUT2D eigenvalue weighted by molar-refractivity contribution is 0.302. The van der Waals surface area contributed by atoms with Crippen LogP contribution >= 0.6 is 0 Å². The molecule has 0 bridgehead atoms. The Morgan fingerprint density at radius 1 is 1.42 bits per heavy atom. The fraction of sp³-hybridized carbons (Fsp3) is 0.429. The number of nitrogens with one attached hydrogen (secondary N) is 1. The average Bonchev–Trinajstić information content (AvgIpc) is 3.02. The van der Waals surface area contributed by atoms with Gasteiger partial charge >= 0.3 is 0 Å². The topological polar surface area (TPSA) is 60.2 Å². The van der Waals surface area contributed by atoms with Crippen LogP contribution in [0, 0.1) is 6.92 Å². The number of benzene rings is 1. The van der Waals surface area contributed by atoms with Crippen molar-refractivity contribution in [1.82, 2.24) is 15.5 Å². The number of aromatic nitrogens is 2. The van der Waals surface area contributed by atoms with E-state index in [0.717, 1.165) is 12.4 Å². The second kappa shape index (κ2) is 5.01. The largest absolute Gasteiger partial charge is 0.493 e. The molecule has 1 aliphatic heterocycles. The van der Waals surface area contributed by atoms with Gasteiger partial charge < -0.3 is 14.6 Å². The van der Waals surface area contributed by atoms with Gasteiger partial charge in [0.05, 0.1) is 13.2 Å². The van der Waals surface area contributed by atoms with Gasteiger partial charge in [0.2, 0.25) is 5.89 Å². The molecule has 0 amide bonds. The van der Waals surface area contributed by atoms with E-state index in [9.17, 15) is 0 Å². The predicted molar refractivity (Wildman–Crippen MR) is 70.0 cm³/mol. The van der Waals surface area contributed by atoms with Crippen LogP contribution in [0.4, 0.5) is 0 Å². The van der Waals surface area contributed by atoms with Gasteiger partial charge in [0.25, 0.3) is 0 Å². The first-order valence-electron chi connectivity index (χ1n) is 6.48. The fourth-order valence-electron chi connectivity index (χ4n) is 2.41. The SMILES string of the molecule is Cc1nc(CNC(C)C2COc3ccccc32)no1. The van der Waals surface area contributed by atoms with Crippen LogP contribution in [-0.2, 0) is 6.54 Å². The summed E-state index contributed by atoms with van der Waals surface area (Å²) in [6.45, 7) is 5.28. The van der Waals surface area contributed by atoms with Gasteiger partial charge in [0, 0.05) is 24.4 Å². The minimum absolute atomic E-state index is 0.294. The van der Waals surface area contributed by atoms with Crippen LogP contribution in [0.3, 0.4) is 0 Å². The molecule has 0 saturated carbocycles. The summed E-state index contributed by atoms with van der Waals surface area (Å²) in [6, 6.07) is 8.49. The summed E-state index contributed by atoms with van der Waals surface area (Å²) in [5.41, 5.74) is 1.27. The van der Waals surface area contributed by atoms with Gasteiger partial charge in [-0.15, -0.1) is 0 Å². The van der Waals surface area contributed by atoms with Crippen molar-refractivity contribution in [1.29, 1.82) is 0 Å². The van der Waals surface area contributed by atoms with Crippen molar-refractivity contribution < 1.29 is 9.26 Å². The Morgan fingerprint density at radius 3 is 3.05 bits per heavy atom. The van der Waals surface area contributed by atoms with E-state index in [0.29, 0.717) is 30.2 Å². The second-order valence-corrected chi connectivity index (χ2v) is 4.85. The lowest BCUT2D eigenvalue weighted by Gasteiger charge is -2.18.